The lowest BCUT2D eigenvalue weighted by Crippen LogP contribution is -2.60. The molecular weight excluding hydrogens is 322 g/mol. The van der Waals surface area contributed by atoms with E-state index in [0.717, 1.165) is 6.08 Å². The molecule has 9 nitrogen and oxygen atoms in total. The zero-order valence-electron chi connectivity index (χ0n) is 11.6. The van der Waals surface area contributed by atoms with E-state index in [4.69, 9.17) is 26.6 Å². The van der Waals surface area contributed by atoms with Crippen LogP contribution in [0.3, 0.4) is 0 Å². The summed E-state index contributed by atoms with van der Waals surface area (Å²) >= 11 is 5.60. The van der Waals surface area contributed by atoms with Crippen molar-refractivity contribution in [3.8, 4) is 0 Å². The number of alkyl halides is 1. The van der Waals surface area contributed by atoms with Crippen LogP contribution < -0.4 is 5.32 Å². The molecule has 0 bridgehead atoms. The molecule has 1 heterocycles. The van der Waals surface area contributed by atoms with Gasteiger partial charge in [0.05, 0.1) is 12.6 Å². The molecule has 0 aliphatic carbocycles. The molecule has 1 aliphatic rings. The summed E-state index contributed by atoms with van der Waals surface area (Å²) in [6.07, 6.45) is -5.55. The number of carboxylic acid groups (broad SMARTS) is 1. The molecule has 4 unspecified atom stereocenters. The Bertz CT molecular complexity index is 454. The van der Waals surface area contributed by atoms with Crippen LogP contribution in [0.15, 0.2) is 11.8 Å². The quantitative estimate of drug-likeness (QED) is 0.291. The minimum atomic E-state index is -1.75. The summed E-state index contributed by atoms with van der Waals surface area (Å²) < 4.78 is 5.02. The molecule has 1 amide bonds. The molecule has 0 spiro atoms. The average molecular weight is 340 g/mol. The van der Waals surface area contributed by atoms with Gasteiger partial charge in [0.15, 0.2) is 6.10 Å². The average Bonchev–Trinajstić information content (AvgIpc) is 2.46. The Morgan fingerprint density at radius 2 is 2.05 bits per heavy atom. The number of hydrogen-bond donors (Lipinski definition) is 6. The number of nitrogens with one attached hydrogen (secondary N) is 1. The van der Waals surface area contributed by atoms with Gasteiger partial charge in [-0.2, -0.15) is 0 Å². The van der Waals surface area contributed by atoms with Crippen LogP contribution in [0.4, 0.5) is 0 Å². The van der Waals surface area contributed by atoms with Crippen LogP contribution in [0, 0.1) is 0 Å². The monoisotopic (exact) mass is 339 g/mol. The molecule has 0 aromatic carbocycles. The number of hydrogen-bond acceptors (Lipinski definition) is 7. The van der Waals surface area contributed by atoms with Crippen molar-refractivity contribution in [2.75, 3.05) is 6.61 Å². The number of carbonyl (C=O) groups excluding carboxylic acids is 1. The van der Waals surface area contributed by atoms with E-state index in [9.17, 15) is 24.9 Å². The number of aliphatic hydroxyl groups excluding tert-OH is 4. The molecule has 0 saturated heterocycles. The lowest BCUT2D eigenvalue weighted by atomic mass is 9.93. The van der Waals surface area contributed by atoms with Crippen LogP contribution in [-0.2, 0) is 14.3 Å². The third-order valence-electron chi connectivity index (χ3n) is 3.11. The maximum atomic E-state index is 11.6. The highest BCUT2D eigenvalue weighted by atomic mass is 35.5. The van der Waals surface area contributed by atoms with E-state index < -0.39 is 60.1 Å². The number of aliphatic carboxylic acids is 1. The summed E-state index contributed by atoms with van der Waals surface area (Å²) in [5, 5.41) is 48.5. The molecular formula is C12H18ClNO8. The predicted octanol–water partition coefficient (Wildman–Crippen LogP) is -2.46. The van der Waals surface area contributed by atoms with Crippen LogP contribution in [0.2, 0.25) is 0 Å². The lowest BCUT2D eigenvalue weighted by Gasteiger charge is -2.38. The van der Waals surface area contributed by atoms with Crippen molar-refractivity contribution in [3.05, 3.63) is 11.8 Å². The largest absolute Gasteiger partial charge is 0.478 e. The summed E-state index contributed by atoms with van der Waals surface area (Å²) in [4.78, 5) is 22.6. The molecule has 22 heavy (non-hydrogen) atoms. The standard InChI is InChI=1S/C12H18ClNO8/c1-4(13)11(19)14-8-5(16)2-7(12(20)21)22-10(8)9(18)6(17)3-15/h2,4-6,8-10,15-18H,3H2,1H3,(H,14,19)(H,20,21)/t4?,5?,6-,8?,9-,10?/m1/s1. The molecule has 10 heteroatoms. The van der Waals surface area contributed by atoms with Gasteiger partial charge in [-0.1, -0.05) is 0 Å². The fraction of sp³-hybridized carbons (Fsp3) is 0.667. The Labute approximate surface area is 130 Å². The number of ether oxygens (including phenoxy) is 1. The van der Waals surface area contributed by atoms with E-state index in [-0.39, 0.29) is 0 Å². The molecule has 0 saturated carbocycles. The second-order valence-electron chi connectivity index (χ2n) is 4.80. The molecule has 0 aromatic heterocycles. The number of carbonyl (C=O) groups is 2. The maximum Gasteiger partial charge on any atom is 0.370 e. The van der Waals surface area contributed by atoms with Gasteiger partial charge in [0.2, 0.25) is 11.7 Å². The summed E-state index contributed by atoms with van der Waals surface area (Å²) in [7, 11) is 0. The van der Waals surface area contributed by atoms with Gasteiger partial charge in [-0.05, 0) is 13.0 Å². The van der Waals surface area contributed by atoms with Crippen molar-refractivity contribution in [2.24, 2.45) is 0 Å². The third kappa shape index (κ3) is 4.31. The topological polar surface area (TPSA) is 157 Å². The van der Waals surface area contributed by atoms with Gasteiger partial charge < -0.3 is 35.6 Å². The number of carboxylic acids is 1. The molecule has 1 aliphatic heterocycles. The highest BCUT2D eigenvalue weighted by Crippen LogP contribution is 2.23. The maximum absolute atomic E-state index is 11.6. The Balaban J connectivity index is 3.06. The van der Waals surface area contributed by atoms with E-state index in [0.29, 0.717) is 0 Å². The smallest absolute Gasteiger partial charge is 0.370 e. The fourth-order valence-electron chi connectivity index (χ4n) is 1.89. The van der Waals surface area contributed by atoms with Crippen LogP contribution in [0.1, 0.15) is 6.92 Å². The first-order valence-corrected chi connectivity index (χ1v) is 6.84. The van der Waals surface area contributed by atoms with Crippen molar-refractivity contribution in [1.82, 2.24) is 5.32 Å². The van der Waals surface area contributed by atoms with Crippen LogP contribution >= 0.6 is 11.6 Å². The SMILES string of the molecule is CC(Cl)C(=O)NC1C(O)C=C(C(=O)O)OC1[C@H](O)[C@H](O)CO. The van der Waals surface area contributed by atoms with E-state index >= 15 is 0 Å². The zero-order valence-corrected chi connectivity index (χ0v) is 12.3. The Morgan fingerprint density at radius 1 is 1.45 bits per heavy atom. The van der Waals surface area contributed by atoms with Gasteiger partial charge in [0, 0.05) is 0 Å². The molecule has 126 valence electrons. The predicted molar refractivity (Wildman–Crippen MR) is 72.9 cm³/mol. The van der Waals surface area contributed by atoms with Crippen molar-refractivity contribution in [3.63, 3.8) is 0 Å². The van der Waals surface area contributed by atoms with Crippen LogP contribution in [0.5, 0.6) is 0 Å². The summed E-state index contributed by atoms with van der Waals surface area (Å²) in [6.45, 7) is 0.551. The third-order valence-corrected chi connectivity index (χ3v) is 3.30. The molecule has 0 aromatic rings. The molecule has 6 N–H and O–H groups in total. The van der Waals surface area contributed by atoms with E-state index in [2.05, 4.69) is 5.32 Å². The molecule has 1 rings (SSSR count). The Morgan fingerprint density at radius 3 is 2.50 bits per heavy atom. The summed E-state index contributed by atoms with van der Waals surface area (Å²) in [5.74, 6) is -2.83. The first-order valence-electron chi connectivity index (χ1n) is 6.40. The minimum absolute atomic E-state index is 0.647. The van der Waals surface area contributed by atoms with Crippen LogP contribution in [-0.4, -0.2) is 79.9 Å². The first kappa shape index (κ1) is 18.7. The number of halogens is 1. The van der Waals surface area contributed by atoms with Crippen molar-refractivity contribution < 1.29 is 39.9 Å². The first-order chi connectivity index (χ1) is 10.2. The number of aliphatic hydroxyl groups is 4. The van der Waals surface area contributed by atoms with Gasteiger partial charge in [-0.15, -0.1) is 11.6 Å². The summed E-state index contributed by atoms with van der Waals surface area (Å²) in [5.41, 5.74) is 0. The number of rotatable bonds is 6. The van der Waals surface area contributed by atoms with Gasteiger partial charge in [-0.25, -0.2) is 4.79 Å². The molecule has 0 fully saturated rings. The van der Waals surface area contributed by atoms with Crippen LogP contribution in [0.25, 0.3) is 0 Å². The Hall–Kier alpha value is -1.39. The van der Waals surface area contributed by atoms with E-state index in [1.807, 2.05) is 0 Å². The van der Waals surface area contributed by atoms with Gasteiger partial charge in [0.25, 0.3) is 0 Å². The van der Waals surface area contributed by atoms with E-state index in [1.165, 1.54) is 6.92 Å². The van der Waals surface area contributed by atoms with Gasteiger partial charge in [0.1, 0.15) is 23.7 Å². The minimum Gasteiger partial charge on any atom is -0.478 e. The van der Waals surface area contributed by atoms with Gasteiger partial charge >= 0.3 is 5.97 Å². The van der Waals surface area contributed by atoms with Gasteiger partial charge in [-0.3, -0.25) is 4.79 Å². The fourth-order valence-corrected chi connectivity index (χ4v) is 1.95. The lowest BCUT2D eigenvalue weighted by molar-refractivity contribution is -0.149. The Kier molecular flexibility index (Phi) is 6.57. The highest BCUT2D eigenvalue weighted by molar-refractivity contribution is 6.30. The van der Waals surface area contributed by atoms with Crippen molar-refractivity contribution in [1.29, 1.82) is 0 Å². The molecule has 6 atom stereocenters. The second-order valence-corrected chi connectivity index (χ2v) is 5.45. The highest BCUT2D eigenvalue weighted by Gasteiger charge is 2.43. The normalized spacial score (nSPS) is 28.8. The molecule has 0 radical (unpaired) electrons. The second kappa shape index (κ2) is 7.75. The van der Waals surface area contributed by atoms with Crippen molar-refractivity contribution in [2.45, 2.75) is 42.8 Å². The van der Waals surface area contributed by atoms with E-state index in [1.54, 1.807) is 0 Å². The zero-order chi connectivity index (χ0) is 17.0. The summed E-state index contributed by atoms with van der Waals surface area (Å²) in [6, 6.07) is -1.26. The number of amides is 1. The van der Waals surface area contributed by atoms with Crippen molar-refractivity contribution >= 4 is 23.5 Å².